The van der Waals surface area contributed by atoms with E-state index in [9.17, 15) is 4.79 Å². The molecule has 1 aromatic carbocycles. The normalized spacial score (nSPS) is 21.6. The lowest BCUT2D eigenvalue weighted by Crippen LogP contribution is -2.32. The van der Waals surface area contributed by atoms with E-state index < -0.39 is 0 Å². The van der Waals surface area contributed by atoms with Crippen LogP contribution in [0.4, 0.5) is 0 Å². The number of nitrogens with one attached hydrogen (secondary N) is 1. The van der Waals surface area contributed by atoms with Gasteiger partial charge in [0.1, 0.15) is 0 Å². The van der Waals surface area contributed by atoms with Crippen molar-refractivity contribution in [2.75, 3.05) is 19.8 Å². The molecule has 0 bridgehead atoms. The molecule has 2 aliphatic heterocycles. The van der Waals surface area contributed by atoms with Crippen molar-refractivity contribution in [1.29, 1.82) is 0 Å². The second-order valence-corrected chi connectivity index (χ2v) is 5.74. The van der Waals surface area contributed by atoms with Crippen molar-refractivity contribution >= 4 is 17.5 Å². The summed E-state index contributed by atoms with van der Waals surface area (Å²) >= 11 is 6.59. The van der Waals surface area contributed by atoms with Crippen LogP contribution in [0.2, 0.25) is 0 Å². The Morgan fingerprint density at radius 3 is 2.89 bits per heavy atom. The summed E-state index contributed by atoms with van der Waals surface area (Å²) in [6.07, 6.45) is 2.90. The number of benzene rings is 1. The monoisotopic (exact) mass is 279 g/mol. The molecule has 3 nitrogen and oxygen atoms in total. The van der Waals surface area contributed by atoms with Gasteiger partial charge in [0.2, 0.25) is 0 Å². The highest BCUT2D eigenvalue weighted by atomic mass is 35.5. The van der Waals surface area contributed by atoms with Crippen LogP contribution in [0.1, 0.15) is 39.7 Å². The van der Waals surface area contributed by atoms with Crippen molar-refractivity contribution in [1.82, 2.24) is 5.32 Å². The third kappa shape index (κ3) is 2.63. The molecule has 19 heavy (non-hydrogen) atoms. The van der Waals surface area contributed by atoms with Gasteiger partial charge >= 0.3 is 0 Å². The fraction of sp³-hybridized carbons (Fsp3) is 0.533. The Labute approximate surface area is 118 Å². The topological polar surface area (TPSA) is 38.3 Å². The van der Waals surface area contributed by atoms with Crippen molar-refractivity contribution in [3.05, 3.63) is 34.9 Å². The van der Waals surface area contributed by atoms with Gasteiger partial charge in [-0.25, -0.2) is 0 Å². The van der Waals surface area contributed by atoms with Crippen molar-refractivity contribution < 1.29 is 9.53 Å². The van der Waals surface area contributed by atoms with Gasteiger partial charge in [-0.05, 0) is 42.4 Å². The molecule has 2 aliphatic rings. The van der Waals surface area contributed by atoms with Crippen LogP contribution in [0.3, 0.4) is 0 Å². The molecule has 1 unspecified atom stereocenters. The van der Waals surface area contributed by atoms with Crippen LogP contribution >= 0.6 is 11.6 Å². The number of alkyl halides is 1. The van der Waals surface area contributed by atoms with E-state index in [0.717, 1.165) is 55.7 Å². The highest BCUT2D eigenvalue weighted by Gasteiger charge is 2.25. The molecule has 1 aromatic rings. The van der Waals surface area contributed by atoms with Crippen molar-refractivity contribution in [2.45, 2.75) is 24.6 Å². The Hall–Kier alpha value is -1.06. The number of rotatable bonds is 2. The molecular formula is C15H18ClNO2. The number of hydrogen-bond donors (Lipinski definition) is 1. The van der Waals surface area contributed by atoms with Crippen molar-refractivity contribution in [3.63, 3.8) is 0 Å². The Balaban J connectivity index is 1.84. The first-order chi connectivity index (χ1) is 9.25. The molecule has 2 heterocycles. The molecule has 102 valence electrons. The first kappa shape index (κ1) is 12.9. The number of ether oxygens (including phenoxy) is 1. The lowest BCUT2D eigenvalue weighted by atomic mass is 9.89. The molecule has 1 atom stereocenters. The van der Waals surface area contributed by atoms with Crippen LogP contribution in [0.5, 0.6) is 0 Å². The van der Waals surface area contributed by atoms with Gasteiger partial charge in [-0.2, -0.15) is 0 Å². The van der Waals surface area contributed by atoms with Crippen LogP contribution in [0, 0.1) is 5.92 Å². The number of carbonyl (C=O) groups is 1. The average molecular weight is 280 g/mol. The molecule has 1 saturated heterocycles. The Morgan fingerprint density at radius 1 is 1.32 bits per heavy atom. The summed E-state index contributed by atoms with van der Waals surface area (Å²) in [5.74, 6) is 0.471. The molecule has 1 fully saturated rings. The van der Waals surface area contributed by atoms with Gasteiger partial charge in [0.25, 0.3) is 5.91 Å². The summed E-state index contributed by atoms with van der Waals surface area (Å²) in [5, 5.41) is 2.86. The van der Waals surface area contributed by atoms with Gasteiger partial charge in [0.05, 0.1) is 5.38 Å². The quantitative estimate of drug-likeness (QED) is 0.846. The van der Waals surface area contributed by atoms with E-state index in [4.69, 9.17) is 16.3 Å². The summed E-state index contributed by atoms with van der Waals surface area (Å²) in [6, 6.07) is 6.10. The maximum Gasteiger partial charge on any atom is 0.251 e. The molecule has 0 aromatic heterocycles. The number of fused-ring (bicyclic) bond motifs is 1. The molecule has 0 spiro atoms. The zero-order valence-electron chi connectivity index (χ0n) is 10.8. The van der Waals surface area contributed by atoms with E-state index in [1.807, 2.05) is 6.07 Å². The van der Waals surface area contributed by atoms with Crippen LogP contribution in [0.25, 0.3) is 0 Å². The summed E-state index contributed by atoms with van der Waals surface area (Å²) in [6.45, 7) is 2.31. The lowest BCUT2D eigenvalue weighted by molar-refractivity contribution is 0.0650. The second-order valence-electron chi connectivity index (χ2n) is 5.27. The average Bonchev–Trinajstić information content (AvgIpc) is 2.47. The lowest BCUT2D eigenvalue weighted by Gasteiger charge is -2.27. The van der Waals surface area contributed by atoms with Gasteiger partial charge in [-0.3, -0.25) is 4.79 Å². The smallest absolute Gasteiger partial charge is 0.251 e. The van der Waals surface area contributed by atoms with Crippen molar-refractivity contribution in [3.8, 4) is 0 Å². The first-order valence-electron chi connectivity index (χ1n) is 6.88. The molecular weight excluding hydrogens is 262 g/mol. The predicted molar refractivity (Wildman–Crippen MR) is 74.6 cm³/mol. The minimum absolute atomic E-state index is 0.0241. The fourth-order valence-corrected chi connectivity index (χ4v) is 3.27. The van der Waals surface area contributed by atoms with Gasteiger partial charge < -0.3 is 10.1 Å². The largest absolute Gasteiger partial charge is 0.381 e. The Kier molecular flexibility index (Phi) is 3.76. The summed E-state index contributed by atoms with van der Waals surface area (Å²) in [7, 11) is 0. The van der Waals surface area contributed by atoms with Gasteiger partial charge in [-0.1, -0.05) is 12.1 Å². The van der Waals surface area contributed by atoms with E-state index in [0.29, 0.717) is 5.92 Å². The van der Waals surface area contributed by atoms with E-state index in [2.05, 4.69) is 17.4 Å². The van der Waals surface area contributed by atoms with E-state index in [-0.39, 0.29) is 11.3 Å². The minimum atomic E-state index is -0.0241. The van der Waals surface area contributed by atoms with Gasteiger partial charge in [0.15, 0.2) is 0 Å². The summed E-state index contributed by atoms with van der Waals surface area (Å²) < 4.78 is 5.37. The molecule has 0 saturated carbocycles. The highest BCUT2D eigenvalue weighted by molar-refractivity contribution is 6.21. The maximum absolute atomic E-state index is 11.9. The van der Waals surface area contributed by atoms with Gasteiger partial charge in [-0.15, -0.1) is 11.6 Å². The van der Waals surface area contributed by atoms with Crippen LogP contribution < -0.4 is 5.32 Å². The van der Waals surface area contributed by atoms with Crippen LogP contribution in [0.15, 0.2) is 18.2 Å². The highest BCUT2D eigenvalue weighted by Crippen LogP contribution is 2.36. The molecule has 0 aliphatic carbocycles. The van der Waals surface area contributed by atoms with E-state index >= 15 is 0 Å². The number of hydrogen-bond acceptors (Lipinski definition) is 2. The molecule has 1 N–H and O–H groups in total. The van der Waals surface area contributed by atoms with E-state index in [1.54, 1.807) is 0 Å². The van der Waals surface area contributed by atoms with Crippen LogP contribution in [-0.4, -0.2) is 25.7 Å². The SMILES string of the molecule is O=C1NCCc2ccc(C(Cl)C3CCOCC3)cc21. The van der Waals surface area contributed by atoms with Crippen LogP contribution in [-0.2, 0) is 11.2 Å². The predicted octanol–water partition coefficient (Wildman–Crippen LogP) is 2.68. The third-order valence-corrected chi connectivity index (χ3v) is 4.67. The number of carbonyl (C=O) groups excluding carboxylic acids is 1. The minimum Gasteiger partial charge on any atom is -0.381 e. The van der Waals surface area contributed by atoms with Gasteiger partial charge in [0, 0.05) is 25.3 Å². The second kappa shape index (κ2) is 5.51. The molecule has 1 amide bonds. The molecule has 4 heteroatoms. The fourth-order valence-electron chi connectivity index (χ4n) is 2.88. The Morgan fingerprint density at radius 2 is 2.11 bits per heavy atom. The molecule has 3 rings (SSSR count). The molecule has 0 radical (unpaired) electrons. The zero-order valence-corrected chi connectivity index (χ0v) is 11.6. The summed E-state index contributed by atoms with van der Waals surface area (Å²) in [4.78, 5) is 11.9. The number of halogens is 1. The summed E-state index contributed by atoms with van der Waals surface area (Å²) in [5.41, 5.74) is 2.98. The maximum atomic E-state index is 11.9. The number of amides is 1. The zero-order chi connectivity index (χ0) is 13.2. The van der Waals surface area contributed by atoms with Crippen molar-refractivity contribution in [2.24, 2.45) is 5.92 Å². The third-order valence-electron chi connectivity index (χ3n) is 4.06. The first-order valence-corrected chi connectivity index (χ1v) is 7.32. The Bertz CT molecular complexity index is 483. The standard InChI is InChI=1S/C15H18ClNO2/c16-14(11-4-7-19-8-5-11)12-2-1-10-3-6-17-15(18)13(10)9-12/h1-2,9,11,14H,3-8H2,(H,17,18). The van der Waals surface area contributed by atoms with E-state index in [1.165, 1.54) is 0 Å².